The maximum absolute atomic E-state index is 13.0. The van der Waals surface area contributed by atoms with Crippen molar-refractivity contribution in [3.8, 4) is 0 Å². The van der Waals surface area contributed by atoms with E-state index in [1.807, 2.05) is 42.2 Å². The molecule has 1 aliphatic carbocycles. The molecule has 1 N–H and O–H groups in total. The number of rotatable bonds is 3. The third-order valence-corrected chi connectivity index (χ3v) is 6.82. The van der Waals surface area contributed by atoms with E-state index < -0.39 is 0 Å². The highest BCUT2D eigenvalue weighted by molar-refractivity contribution is 6.33. The van der Waals surface area contributed by atoms with Gasteiger partial charge in [0.25, 0.3) is 0 Å². The molecule has 30 heavy (non-hydrogen) atoms. The minimum absolute atomic E-state index is 0.0216. The number of carbonyl (C=O) groups excluding carboxylic acids is 1. The Balaban J connectivity index is 1.56. The number of benzene rings is 2. The SMILES string of the molecule is Cc1ccc(N2CCN(C(=O)NC3CCCCC3)CC2c2ccc(Cl)cc2)c(Cl)c1. The van der Waals surface area contributed by atoms with Gasteiger partial charge in [0.05, 0.1) is 16.8 Å². The van der Waals surface area contributed by atoms with Gasteiger partial charge in [-0.2, -0.15) is 0 Å². The summed E-state index contributed by atoms with van der Waals surface area (Å²) in [5.41, 5.74) is 3.28. The Morgan fingerprint density at radius 2 is 1.73 bits per heavy atom. The number of hydrogen-bond acceptors (Lipinski definition) is 2. The molecular weight excluding hydrogens is 417 g/mol. The van der Waals surface area contributed by atoms with Crippen LogP contribution in [0.3, 0.4) is 0 Å². The zero-order chi connectivity index (χ0) is 21.1. The number of urea groups is 1. The van der Waals surface area contributed by atoms with Gasteiger partial charge < -0.3 is 15.1 Å². The maximum Gasteiger partial charge on any atom is 0.317 e. The molecule has 6 heteroatoms. The molecule has 1 heterocycles. The van der Waals surface area contributed by atoms with E-state index >= 15 is 0 Å². The van der Waals surface area contributed by atoms with Crippen LogP contribution in [0.5, 0.6) is 0 Å². The van der Waals surface area contributed by atoms with Crippen molar-refractivity contribution in [1.82, 2.24) is 10.2 Å². The van der Waals surface area contributed by atoms with Crippen LogP contribution in [0.2, 0.25) is 10.0 Å². The van der Waals surface area contributed by atoms with E-state index in [0.29, 0.717) is 24.2 Å². The van der Waals surface area contributed by atoms with Gasteiger partial charge in [0, 0.05) is 30.7 Å². The Hall–Kier alpha value is -1.91. The van der Waals surface area contributed by atoms with Crippen LogP contribution < -0.4 is 10.2 Å². The monoisotopic (exact) mass is 445 g/mol. The van der Waals surface area contributed by atoms with E-state index in [1.165, 1.54) is 19.3 Å². The van der Waals surface area contributed by atoms with E-state index in [-0.39, 0.29) is 12.1 Å². The largest absolute Gasteiger partial charge is 0.360 e. The van der Waals surface area contributed by atoms with Crippen LogP contribution in [0.15, 0.2) is 42.5 Å². The summed E-state index contributed by atoms with van der Waals surface area (Å²) in [6.07, 6.45) is 5.87. The predicted molar refractivity (Wildman–Crippen MR) is 125 cm³/mol. The quantitative estimate of drug-likeness (QED) is 0.609. The number of hydrogen-bond donors (Lipinski definition) is 1. The van der Waals surface area contributed by atoms with Gasteiger partial charge in [0.15, 0.2) is 0 Å². The first kappa shape index (κ1) is 21.3. The normalized spacial score (nSPS) is 20.3. The number of nitrogens with zero attached hydrogens (tertiary/aromatic N) is 2. The summed E-state index contributed by atoms with van der Waals surface area (Å²) in [6, 6.07) is 14.5. The minimum Gasteiger partial charge on any atom is -0.360 e. The third-order valence-electron chi connectivity index (χ3n) is 6.27. The van der Waals surface area contributed by atoms with Gasteiger partial charge in [0.1, 0.15) is 0 Å². The van der Waals surface area contributed by atoms with Crippen molar-refractivity contribution in [2.45, 2.75) is 51.1 Å². The lowest BCUT2D eigenvalue weighted by molar-refractivity contribution is 0.178. The lowest BCUT2D eigenvalue weighted by Crippen LogP contribution is -2.55. The van der Waals surface area contributed by atoms with E-state index in [2.05, 4.69) is 22.3 Å². The highest BCUT2D eigenvalue weighted by atomic mass is 35.5. The number of piperazine rings is 1. The molecule has 4 rings (SSSR count). The summed E-state index contributed by atoms with van der Waals surface area (Å²) >= 11 is 12.7. The molecule has 0 spiro atoms. The van der Waals surface area contributed by atoms with Crippen molar-refractivity contribution in [1.29, 1.82) is 0 Å². The third kappa shape index (κ3) is 4.87. The highest BCUT2D eigenvalue weighted by Crippen LogP contribution is 2.36. The number of carbonyl (C=O) groups is 1. The molecule has 0 aromatic heterocycles. The molecule has 1 aliphatic heterocycles. The zero-order valence-corrected chi connectivity index (χ0v) is 18.9. The van der Waals surface area contributed by atoms with Crippen LogP contribution in [0, 0.1) is 6.92 Å². The Morgan fingerprint density at radius 1 is 1.00 bits per heavy atom. The molecule has 2 aliphatic rings. The second kappa shape index (κ2) is 9.49. The fourth-order valence-electron chi connectivity index (χ4n) is 4.58. The van der Waals surface area contributed by atoms with Crippen LogP contribution in [0.25, 0.3) is 0 Å². The number of aryl methyl sites for hydroxylation is 1. The fourth-order valence-corrected chi connectivity index (χ4v) is 5.05. The fraction of sp³-hybridized carbons (Fsp3) is 0.458. The van der Waals surface area contributed by atoms with Crippen LogP contribution >= 0.6 is 23.2 Å². The van der Waals surface area contributed by atoms with Crippen LogP contribution in [0.4, 0.5) is 10.5 Å². The van der Waals surface area contributed by atoms with Crippen molar-refractivity contribution in [3.63, 3.8) is 0 Å². The van der Waals surface area contributed by atoms with Crippen molar-refractivity contribution >= 4 is 34.9 Å². The molecule has 0 radical (unpaired) electrons. The molecule has 1 saturated carbocycles. The molecule has 2 amide bonds. The van der Waals surface area contributed by atoms with Crippen LogP contribution in [0.1, 0.15) is 49.3 Å². The molecule has 1 unspecified atom stereocenters. The van der Waals surface area contributed by atoms with Gasteiger partial charge in [-0.05, 0) is 55.2 Å². The molecule has 160 valence electrons. The summed E-state index contributed by atoms with van der Waals surface area (Å²) in [5.74, 6) is 0. The van der Waals surface area contributed by atoms with Crippen molar-refractivity contribution < 1.29 is 4.79 Å². The van der Waals surface area contributed by atoms with Gasteiger partial charge in [-0.1, -0.05) is 60.7 Å². The predicted octanol–water partition coefficient (Wildman–Crippen LogP) is 6.21. The maximum atomic E-state index is 13.0. The first-order valence-electron chi connectivity index (χ1n) is 10.8. The summed E-state index contributed by atoms with van der Waals surface area (Å²) in [6.45, 7) is 4.06. The molecule has 4 nitrogen and oxygen atoms in total. The van der Waals surface area contributed by atoms with Crippen LogP contribution in [-0.2, 0) is 0 Å². The van der Waals surface area contributed by atoms with Crippen molar-refractivity contribution in [2.75, 3.05) is 24.5 Å². The Morgan fingerprint density at radius 3 is 2.43 bits per heavy atom. The summed E-state index contributed by atoms with van der Waals surface area (Å²) in [4.78, 5) is 17.3. The topological polar surface area (TPSA) is 35.6 Å². The molecular formula is C24H29Cl2N3O. The van der Waals surface area contributed by atoms with Gasteiger partial charge in [-0.25, -0.2) is 4.79 Å². The summed E-state index contributed by atoms with van der Waals surface area (Å²) in [5, 5.41) is 4.72. The average molecular weight is 446 g/mol. The van der Waals surface area contributed by atoms with Gasteiger partial charge in [0.2, 0.25) is 0 Å². The molecule has 1 saturated heterocycles. The zero-order valence-electron chi connectivity index (χ0n) is 17.4. The number of amides is 2. The van der Waals surface area contributed by atoms with E-state index in [0.717, 1.165) is 41.2 Å². The second-order valence-corrected chi connectivity index (χ2v) is 9.29. The number of anilines is 1. The van der Waals surface area contributed by atoms with Crippen molar-refractivity contribution in [2.24, 2.45) is 0 Å². The molecule has 1 atom stereocenters. The molecule has 0 bridgehead atoms. The lowest BCUT2D eigenvalue weighted by atomic mass is 9.95. The average Bonchev–Trinajstić information content (AvgIpc) is 2.75. The molecule has 2 aromatic carbocycles. The Kier molecular flexibility index (Phi) is 6.74. The van der Waals surface area contributed by atoms with Gasteiger partial charge >= 0.3 is 6.03 Å². The first-order valence-corrected chi connectivity index (χ1v) is 11.6. The van der Waals surface area contributed by atoms with E-state index in [9.17, 15) is 4.79 Å². The van der Waals surface area contributed by atoms with Crippen LogP contribution in [-0.4, -0.2) is 36.6 Å². The van der Waals surface area contributed by atoms with Crippen molar-refractivity contribution in [3.05, 3.63) is 63.6 Å². The molecule has 2 fully saturated rings. The number of nitrogens with one attached hydrogen (secondary N) is 1. The Labute approximate surface area is 189 Å². The van der Waals surface area contributed by atoms with E-state index in [1.54, 1.807) is 0 Å². The highest BCUT2D eigenvalue weighted by Gasteiger charge is 2.32. The second-order valence-electron chi connectivity index (χ2n) is 8.45. The lowest BCUT2D eigenvalue weighted by Gasteiger charge is -2.43. The van der Waals surface area contributed by atoms with Gasteiger partial charge in [-0.15, -0.1) is 0 Å². The minimum atomic E-state index is 0.0216. The smallest absolute Gasteiger partial charge is 0.317 e. The number of halogens is 2. The molecule has 2 aromatic rings. The summed E-state index contributed by atoms with van der Waals surface area (Å²) < 4.78 is 0. The first-order chi connectivity index (χ1) is 14.5. The van der Waals surface area contributed by atoms with Gasteiger partial charge in [-0.3, -0.25) is 0 Å². The Bertz CT molecular complexity index is 881. The summed E-state index contributed by atoms with van der Waals surface area (Å²) in [7, 11) is 0. The van der Waals surface area contributed by atoms with E-state index in [4.69, 9.17) is 23.2 Å². The standard InChI is InChI=1S/C24H29Cl2N3O/c1-17-7-12-22(21(26)15-17)29-14-13-28(24(30)27-20-5-3-2-4-6-20)16-23(29)18-8-10-19(25)11-9-18/h7-12,15,20,23H,2-6,13-14,16H2,1H3,(H,27,30).